The monoisotopic (exact) mass is 467 g/mol. The standard InChI is InChI=1S/C24H29N5O3S/c1-5-29-21(14-25-22(30)13-18-7-10-20(32-4)11-8-18)27-28-24(29)33-15-23(31)26-19-9-6-16(2)17(3)12-19/h6-12H,5,13-15H2,1-4H3,(H,25,30)(H,26,31). The van der Waals surface area contributed by atoms with Crippen LogP contribution in [0.1, 0.15) is 29.4 Å². The molecule has 1 aromatic heterocycles. The largest absolute Gasteiger partial charge is 0.497 e. The van der Waals surface area contributed by atoms with Crippen molar-refractivity contribution in [3.63, 3.8) is 0 Å². The van der Waals surface area contributed by atoms with Crippen LogP contribution in [-0.2, 0) is 29.1 Å². The molecule has 9 heteroatoms. The molecule has 0 radical (unpaired) electrons. The van der Waals surface area contributed by atoms with Crippen LogP contribution in [-0.4, -0.2) is 39.4 Å². The Morgan fingerprint density at radius 2 is 1.79 bits per heavy atom. The molecule has 2 N–H and O–H groups in total. The Hall–Kier alpha value is -3.33. The number of methoxy groups -OCH3 is 1. The number of thioether (sulfide) groups is 1. The SMILES string of the molecule is CCn1c(CNC(=O)Cc2ccc(OC)cc2)nnc1SCC(=O)Nc1ccc(C)c(C)c1. The zero-order chi connectivity index (χ0) is 23.8. The van der Waals surface area contributed by atoms with Gasteiger partial charge in [-0.25, -0.2) is 0 Å². The summed E-state index contributed by atoms with van der Waals surface area (Å²) in [6, 6.07) is 13.2. The highest BCUT2D eigenvalue weighted by atomic mass is 32.2. The van der Waals surface area contributed by atoms with Crippen LogP contribution in [0.4, 0.5) is 5.69 Å². The van der Waals surface area contributed by atoms with Gasteiger partial charge < -0.3 is 19.9 Å². The molecule has 2 amide bonds. The van der Waals surface area contributed by atoms with Gasteiger partial charge in [-0.2, -0.15) is 0 Å². The molecule has 0 saturated carbocycles. The van der Waals surface area contributed by atoms with Crippen molar-refractivity contribution in [2.24, 2.45) is 0 Å². The maximum Gasteiger partial charge on any atom is 0.234 e. The van der Waals surface area contributed by atoms with Gasteiger partial charge in [-0.3, -0.25) is 9.59 Å². The van der Waals surface area contributed by atoms with Gasteiger partial charge in [0.25, 0.3) is 0 Å². The minimum Gasteiger partial charge on any atom is -0.497 e. The smallest absolute Gasteiger partial charge is 0.234 e. The number of aryl methyl sites for hydroxylation is 2. The third-order valence-electron chi connectivity index (χ3n) is 5.20. The average molecular weight is 468 g/mol. The maximum absolute atomic E-state index is 12.4. The zero-order valence-corrected chi connectivity index (χ0v) is 20.2. The first kappa shape index (κ1) is 24.3. The first-order valence-electron chi connectivity index (χ1n) is 10.7. The number of benzene rings is 2. The number of anilines is 1. The Kier molecular flexibility index (Phi) is 8.48. The van der Waals surface area contributed by atoms with Crippen LogP contribution in [0.2, 0.25) is 0 Å². The van der Waals surface area contributed by atoms with Crippen LogP contribution in [0.25, 0.3) is 0 Å². The normalized spacial score (nSPS) is 10.7. The molecule has 3 aromatic rings. The number of aromatic nitrogens is 3. The lowest BCUT2D eigenvalue weighted by Crippen LogP contribution is -2.26. The maximum atomic E-state index is 12.4. The third-order valence-corrected chi connectivity index (χ3v) is 6.17. The van der Waals surface area contributed by atoms with Crippen molar-refractivity contribution >= 4 is 29.3 Å². The third kappa shape index (κ3) is 6.82. The number of carbonyl (C=O) groups excluding carboxylic acids is 2. The van der Waals surface area contributed by atoms with E-state index in [1.165, 1.54) is 17.3 Å². The molecule has 2 aromatic carbocycles. The summed E-state index contributed by atoms with van der Waals surface area (Å²) < 4.78 is 7.04. The van der Waals surface area contributed by atoms with Crippen molar-refractivity contribution in [1.82, 2.24) is 20.1 Å². The molecule has 0 fully saturated rings. The summed E-state index contributed by atoms with van der Waals surface area (Å²) in [5.41, 5.74) is 3.99. The van der Waals surface area contributed by atoms with Crippen LogP contribution in [0.3, 0.4) is 0 Å². The van der Waals surface area contributed by atoms with Crippen LogP contribution >= 0.6 is 11.8 Å². The van der Waals surface area contributed by atoms with E-state index in [-0.39, 0.29) is 30.5 Å². The van der Waals surface area contributed by atoms with Gasteiger partial charge in [0.05, 0.1) is 25.8 Å². The predicted molar refractivity (Wildman–Crippen MR) is 130 cm³/mol. The Morgan fingerprint density at radius 3 is 2.45 bits per heavy atom. The summed E-state index contributed by atoms with van der Waals surface area (Å²) in [4.78, 5) is 24.7. The average Bonchev–Trinajstić information content (AvgIpc) is 3.21. The number of hydrogen-bond donors (Lipinski definition) is 2. The molecule has 33 heavy (non-hydrogen) atoms. The molecule has 1 heterocycles. The molecular weight excluding hydrogens is 438 g/mol. The van der Waals surface area contributed by atoms with Gasteiger partial charge >= 0.3 is 0 Å². The first-order valence-corrected chi connectivity index (χ1v) is 11.7. The lowest BCUT2D eigenvalue weighted by molar-refractivity contribution is -0.120. The van der Waals surface area contributed by atoms with Gasteiger partial charge in [-0.15, -0.1) is 10.2 Å². The highest BCUT2D eigenvalue weighted by molar-refractivity contribution is 7.99. The van der Waals surface area contributed by atoms with E-state index in [0.717, 1.165) is 22.6 Å². The number of amides is 2. The van der Waals surface area contributed by atoms with Crippen molar-refractivity contribution in [2.75, 3.05) is 18.2 Å². The lowest BCUT2D eigenvalue weighted by Gasteiger charge is -2.09. The summed E-state index contributed by atoms with van der Waals surface area (Å²) in [6.07, 6.45) is 0.268. The summed E-state index contributed by atoms with van der Waals surface area (Å²) in [7, 11) is 1.61. The Balaban J connectivity index is 1.51. The number of nitrogens with zero attached hydrogens (tertiary/aromatic N) is 3. The van der Waals surface area contributed by atoms with E-state index >= 15 is 0 Å². The van der Waals surface area contributed by atoms with Crippen LogP contribution < -0.4 is 15.4 Å². The van der Waals surface area contributed by atoms with E-state index in [0.29, 0.717) is 17.5 Å². The number of ether oxygens (including phenoxy) is 1. The molecule has 0 saturated heterocycles. The zero-order valence-electron chi connectivity index (χ0n) is 19.3. The van der Waals surface area contributed by atoms with Gasteiger partial charge in [0.1, 0.15) is 5.75 Å². The molecular formula is C24H29N5O3S. The van der Waals surface area contributed by atoms with E-state index in [9.17, 15) is 9.59 Å². The van der Waals surface area contributed by atoms with Crippen LogP contribution in [0.5, 0.6) is 5.75 Å². The summed E-state index contributed by atoms with van der Waals surface area (Å²) in [5, 5.41) is 14.9. The molecule has 174 valence electrons. The second kappa shape index (κ2) is 11.5. The first-order chi connectivity index (χ1) is 15.9. The topological polar surface area (TPSA) is 98.1 Å². The highest BCUT2D eigenvalue weighted by Gasteiger charge is 2.14. The molecule has 8 nitrogen and oxygen atoms in total. The quantitative estimate of drug-likeness (QED) is 0.443. The summed E-state index contributed by atoms with van der Waals surface area (Å²) in [6.45, 7) is 6.93. The van der Waals surface area contributed by atoms with Gasteiger partial charge in [-0.1, -0.05) is 30.0 Å². The van der Waals surface area contributed by atoms with Crippen molar-refractivity contribution in [1.29, 1.82) is 0 Å². The fourth-order valence-corrected chi connectivity index (χ4v) is 4.01. The Morgan fingerprint density at radius 1 is 1.03 bits per heavy atom. The highest BCUT2D eigenvalue weighted by Crippen LogP contribution is 2.19. The van der Waals surface area contributed by atoms with Crippen molar-refractivity contribution in [3.8, 4) is 5.75 Å². The molecule has 0 atom stereocenters. The van der Waals surface area contributed by atoms with E-state index in [2.05, 4.69) is 20.8 Å². The number of rotatable bonds is 10. The number of carbonyl (C=O) groups is 2. The van der Waals surface area contributed by atoms with Crippen molar-refractivity contribution < 1.29 is 14.3 Å². The number of nitrogens with one attached hydrogen (secondary N) is 2. The second-order valence-corrected chi connectivity index (χ2v) is 8.52. The van der Waals surface area contributed by atoms with Gasteiger partial charge in [-0.05, 0) is 61.7 Å². The Bertz CT molecular complexity index is 1110. The van der Waals surface area contributed by atoms with Gasteiger partial charge in [0, 0.05) is 12.2 Å². The molecule has 0 bridgehead atoms. The molecule has 0 spiro atoms. The minimum atomic E-state index is -0.108. The van der Waals surface area contributed by atoms with E-state index in [4.69, 9.17) is 4.74 Å². The fourth-order valence-electron chi connectivity index (χ4n) is 3.19. The lowest BCUT2D eigenvalue weighted by atomic mass is 10.1. The second-order valence-electron chi connectivity index (χ2n) is 7.58. The fraction of sp³-hybridized carbons (Fsp3) is 0.333. The molecule has 3 rings (SSSR count). The molecule has 0 aliphatic heterocycles. The molecule has 0 aliphatic rings. The summed E-state index contributed by atoms with van der Waals surface area (Å²) in [5.74, 6) is 1.41. The van der Waals surface area contributed by atoms with E-state index < -0.39 is 0 Å². The Labute approximate surface area is 198 Å². The van der Waals surface area contributed by atoms with E-state index in [1.54, 1.807) is 7.11 Å². The summed E-state index contributed by atoms with van der Waals surface area (Å²) >= 11 is 1.32. The minimum absolute atomic E-state index is 0.104. The predicted octanol–water partition coefficient (Wildman–Crippen LogP) is 3.51. The van der Waals surface area contributed by atoms with Crippen LogP contribution in [0, 0.1) is 13.8 Å². The molecule has 0 aliphatic carbocycles. The molecule has 0 unspecified atom stereocenters. The van der Waals surface area contributed by atoms with Crippen molar-refractivity contribution in [2.45, 2.75) is 45.4 Å². The van der Waals surface area contributed by atoms with Gasteiger partial charge in [0.2, 0.25) is 11.8 Å². The van der Waals surface area contributed by atoms with E-state index in [1.807, 2.05) is 67.8 Å². The van der Waals surface area contributed by atoms with Crippen LogP contribution in [0.15, 0.2) is 47.6 Å². The van der Waals surface area contributed by atoms with Gasteiger partial charge in [0.15, 0.2) is 11.0 Å². The number of hydrogen-bond acceptors (Lipinski definition) is 6. The van der Waals surface area contributed by atoms with Crippen molar-refractivity contribution in [3.05, 3.63) is 65.0 Å².